The lowest BCUT2D eigenvalue weighted by Crippen LogP contribution is -2.27. The Kier molecular flexibility index (Phi) is 6.24. The molecule has 0 saturated carbocycles. The zero-order valence-corrected chi connectivity index (χ0v) is 18.8. The zero-order chi connectivity index (χ0) is 21.3. The van der Waals surface area contributed by atoms with Crippen molar-refractivity contribution in [2.45, 2.75) is 47.0 Å². The predicted octanol–water partition coefficient (Wildman–Crippen LogP) is 4.98. The van der Waals surface area contributed by atoms with Crippen LogP contribution in [-0.4, -0.2) is 18.4 Å². The number of hydrogen-bond donors (Lipinski definition) is 2. The number of halogens is 1. The van der Waals surface area contributed by atoms with E-state index in [1.54, 1.807) is 18.2 Å². The number of aryl methyl sites for hydroxylation is 1. The van der Waals surface area contributed by atoms with Gasteiger partial charge in [0.05, 0.1) is 5.56 Å². The van der Waals surface area contributed by atoms with Gasteiger partial charge in [0, 0.05) is 9.90 Å². The molecule has 3 rings (SSSR count). The Morgan fingerprint density at radius 1 is 1.34 bits per heavy atom. The van der Waals surface area contributed by atoms with E-state index in [2.05, 4.69) is 26.1 Å². The van der Waals surface area contributed by atoms with Gasteiger partial charge in [0.2, 0.25) is 0 Å². The highest BCUT2D eigenvalue weighted by atomic mass is 35.5. The third-order valence-electron chi connectivity index (χ3n) is 5.49. The molecule has 0 saturated heterocycles. The van der Waals surface area contributed by atoms with Crippen molar-refractivity contribution in [1.82, 2.24) is 0 Å². The summed E-state index contributed by atoms with van der Waals surface area (Å²) in [6.07, 6.45) is 2.72. The Labute approximate surface area is 180 Å². The molecule has 3 N–H and O–H groups in total. The summed E-state index contributed by atoms with van der Waals surface area (Å²) in [7, 11) is 0. The number of primary amides is 1. The second-order valence-electron chi connectivity index (χ2n) is 8.62. The minimum atomic E-state index is -0.499. The van der Waals surface area contributed by atoms with Gasteiger partial charge in [-0.15, -0.1) is 11.3 Å². The van der Waals surface area contributed by atoms with Crippen molar-refractivity contribution in [3.63, 3.8) is 0 Å². The number of carbonyl (C=O) groups is 2. The molecule has 0 unspecified atom stereocenters. The van der Waals surface area contributed by atoms with Crippen molar-refractivity contribution in [1.29, 1.82) is 0 Å². The molecule has 0 fully saturated rings. The number of nitrogens with one attached hydrogen (secondary N) is 1. The van der Waals surface area contributed by atoms with Crippen LogP contribution in [0.25, 0.3) is 0 Å². The van der Waals surface area contributed by atoms with Gasteiger partial charge in [0.15, 0.2) is 6.61 Å². The molecule has 0 radical (unpaired) electrons. The van der Waals surface area contributed by atoms with Gasteiger partial charge in [0.1, 0.15) is 10.8 Å². The van der Waals surface area contributed by atoms with Crippen molar-refractivity contribution < 1.29 is 14.3 Å². The van der Waals surface area contributed by atoms with Crippen LogP contribution < -0.4 is 15.8 Å². The van der Waals surface area contributed by atoms with E-state index in [-0.39, 0.29) is 17.9 Å². The van der Waals surface area contributed by atoms with E-state index in [1.807, 2.05) is 6.92 Å². The highest BCUT2D eigenvalue weighted by Crippen LogP contribution is 2.44. The summed E-state index contributed by atoms with van der Waals surface area (Å²) in [5.74, 6) is 0.307. The van der Waals surface area contributed by atoms with Gasteiger partial charge < -0.3 is 15.8 Å². The molecule has 1 aliphatic rings. The van der Waals surface area contributed by atoms with Gasteiger partial charge in [0.25, 0.3) is 11.8 Å². The van der Waals surface area contributed by atoms with Crippen LogP contribution in [0.15, 0.2) is 18.2 Å². The molecule has 1 aliphatic carbocycles. The number of benzene rings is 1. The van der Waals surface area contributed by atoms with Crippen LogP contribution in [0, 0.1) is 18.3 Å². The molecule has 2 amide bonds. The van der Waals surface area contributed by atoms with Crippen LogP contribution in [0.2, 0.25) is 5.02 Å². The smallest absolute Gasteiger partial charge is 0.262 e. The van der Waals surface area contributed by atoms with Crippen molar-refractivity contribution in [3.05, 3.63) is 44.8 Å². The number of ether oxygens (including phenoxy) is 1. The molecule has 5 nitrogen and oxygen atoms in total. The molecule has 2 aromatic rings. The lowest BCUT2D eigenvalue weighted by molar-refractivity contribution is -0.118. The molecule has 0 spiro atoms. The second kappa shape index (κ2) is 8.36. The fourth-order valence-electron chi connectivity index (χ4n) is 3.75. The molecule has 7 heteroatoms. The Morgan fingerprint density at radius 3 is 2.69 bits per heavy atom. The van der Waals surface area contributed by atoms with Gasteiger partial charge in [-0.2, -0.15) is 0 Å². The lowest BCUT2D eigenvalue weighted by Gasteiger charge is -2.33. The number of rotatable bonds is 5. The van der Waals surface area contributed by atoms with Gasteiger partial charge in [-0.05, 0) is 66.8 Å². The molecule has 0 bridgehead atoms. The number of fused-ring (bicyclic) bond motifs is 1. The summed E-state index contributed by atoms with van der Waals surface area (Å²) in [5.41, 5.74) is 8.14. The van der Waals surface area contributed by atoms with Crippen LogP contribution >= 0.6 is 22.9 Å². The summed E-state index contributed by atoms with van der Waals surface area (Å²) in [4.78, 5) is 25.7. The molecule has 29 heavy (non-hydrogen) atoms. The minimum absolute atomic E-state index is 0.159. The van der Waals surface area contributed by atoms with E-state index in [1.165, 1.54) is 11.3 Å². The van der Waals surface area contributed by atoms with Gasteiger partial charge in [-0.25, -0.2) is 0 Å². The van der Waals surface area contributed by atoms with E-state index < -0.39 is 5.91 Å². The zero-order valence-electron chi connectivity index (χ0n) is 17.2. The van der Waals surface area contributed by atoms with Crippen molar-refractivity contribution in [2.75, 3.05) is 11.9 Å². The Morgan fingerprint density at radius 2 is 2.07 bits per heavy atom. The molecule has 1 aromatic heterocycles. The Balaban J connectivity index is 1.74. The highest BCUT2D eigenvalue weighted by molar-refractivity contribution is 7.17. The molecule has 1 heterocycles. The number of anilines is 1. The maximum absolute atomic E-state index is 12.5. The van der Waals surface area contributed by atoms with Gasteiger partial charge in [-0.1, -0.05) is 32.4 Å². The van der Waals surface area contributed by atoms with Crippen LogP contribution in [0.4, 0.5) is 5.00 Å². The van der Waals surface area contributed by atoms with Crippen LogP contribution in [0.3, 0.4) is 0 Å². The van der Waals surface area contributed by atoms with Crippen molar-refractivity contribution in [3.8, 4) is 5.75 Å². The summed E-state index contributed by atoms with van der Waals surface area (Å²) in [6, 6.07) is 5.22. The molecule has 156 valence electrons. The summed E-state index contributed by atoms with van der Waals surface area (Å²) in [6.45, 7) is 8.43. The quantitative estimate of drug-likeness (QED) is 0.696. The first-order chi connectivity index (χ1) is 13.6. The third-order valence-corrected chi connectivity index (χ3v) is 6.89. The third kappa shape index (κ3) is 4.93. The minimum Gasteiger partial charge on any atom is -0.483 e. The van der Waals surface area contributed by atoms with E-state index in [9.17, 15) is 9.59 Å². The van der Waals surface area contributed by atoms with Crippen molar-refractivity contribution in [2.24, 2.45) is 17.1 Å². The molecular formula is C22H27ClN2O3S. The summed E-state index contributed by atoms with van der Waals surface area (Å²) < 4.78 is 5.61. The predicted molar refractivity (Wildman–Crippen MR) is 118 cm³/mol. The molecule has 1 atom stereocenters. The highest BCUT2D eigenvalue weighted by Gasteiger charge is 2.33. The van der Waals surface area contributed by atoms with E-state index in [0.717, 1.165) is 35.3 Å². The molecule has 1 aromatic carbocycles. The standard InChI is InChI=1S/C22H27ClN2O3S/c1-12-9-14(23)6-8-16(12)28-11-18(26)25-21-19(20(24)27)15-7-5-13(22(2,3)4)10-17(15)29-21/h6,8-9,13H,5,7,10-11H2,1-4H3,(H2,24,27)(H,25,26)/t13-/m0/s1. The van der Waals surface area contributed by atoms with E-state index in [4.69, 9.17) is 22.1 Å². The normalized spacial score (nSPS) is 16.2. The first-order valence-electron chi connectivity index (χ1n) is 9.69. The first kappa shape index (κ1) is 21.7. The fourth-order valence-corrected chi connectivity index (χ4v) is 5.33. The average molecular weight is 435 g/mol. The van der Waals surface area contributed by atoms with Gasteiger partial charge in [-0.3, -0.25) is 9.59 Å². The number of amides is 2. The number of carbonyl (C=O) groups excluding carboxylic acids is 2. The SMILES string of the molecule is Cc1cc(Cl)ccc1OCC(=O)Nc1sc2c(c1C(N)=O)CC[C@H](C(C)(C)C)C2. The fraction of sp³-hybridized carbons (Fsp3) is 0.455. The molecular weight excluding hydrogens is 408 g/mol. The number of thiophene rings is 1. The monoisotopic (exact) mass is 434 g/mol. The topological polar surface area (TPSA) is 81.4 Å². The summed E-state index contributed by atoms with van der Waals surface area (Å²) in [5, 5.41) is 3.97. The van der Waals surface area contributed by atoms with Crippen LogP contribution in [-0.2, 0) is 17.6 Å². The van der Waals surface area contributed by atoms with E-state index in [0.29, 0.717) is 27.3 Å². The number of nitrogens with two attached hydrogens (primary N) is 1. The van der Waals surface area contributed by atoms with Crippen LogP contribution in [0.1, 0.15) is 53.6 Å². The lowest BCUT2D eigenvalue weighted by atomic mass is 9.72. The second-order valence-corrected chi connectivity index (χ2v) is 10.2. The van der Waals surface area contributed by atoms with E-state index >= 15 is 0 Å². The Bertz CT molecular complexity index is 946. The molecule has 0 aliphatic heterocycles. The number of hydrogen-bond acceptors (Lipinski definition) is 4. The van der Waals surface area contributed by atoms with Crippen LogP contribution in [0.5, 0.6) is 5.75 Å². The largest absolute Gasteiger partial charge is 0.483 e. The average Bonchev–Trinajstić information content (AvgIpc) is 2.97. The first-order valence-corrected chi connectivity index (χ1v) is 10.9. The summed E-state index contributed by atoms with van der Waals surface area (Å²) >= 11 is 7.40. The Hall–Kier alpha value is -2.05. The van der Waals surface area contributed by atoms with Gasteiger partial charge >= 0.3 is 0 Å². The maximum Gasteiger partial charge on any atom is 0.262 e. The maximum atomic E-state index is 12.5. The van der Waals surface area contributed by atoms with Crippen molar-refractivity contribution >= 4 is 39.8 Å².